The molecule has 130 valence electrons. The number of hydrogen-bond donors (Lipinski definition) is 2. The first-order valence-electron chi connectivity index (χ1n) is 7.31. The summed E-state index contributed by atoms with van der Waals surface area (Å²) in [6.45, 7) is 2.34. The lowest BCUT2D eigenvalue weighted by Crippen LogP contribution is -2.36. The molecule has 3 N–H and O–H groups in total. The van der Waals surface area contributed by atoms with Crippen LogP contribution in [0.5, 0.6) is 5.75 Å². The van der Waals surface area contributed by atoms with Crippen LogP contribution in [0, 0.1) is 0 Å². The fourth-order valence-corrected chi connectivity index (χ4v) is 2.72. The van der Waals surface area contributed by atoms with E-state index in [1.54, 1.807) is 14.2 Å². The molecule has 1 unspecified atom stereocenters. The van der Waals surface area contributed by atoms with E-state index in [4.69, 9.17) is 15.3 Å². The number of nitrogens with zero attached hydrogens (tertiary/aromatic N) is 3. The third-order valence-corrected chi connectivity index (χ3v) is 4.11. The van der Waals surface area contributed by atoms with Gasteiger partial charge in [0, 0.05) is 18.7 Å². The zero-order valence-corrected chi connectivity index (χ0v) is 14.7. The first-order valence-corrected chi connectivity index (χ1v) is 8.29. The summed E-state index contributed by atoms with van der Waals surface area (Å²) in [5.74, 6) is 7.39. The molecule has 8 nitrogen and oxygen atoms in total. The predicted octanol–water partition coefficient (Wildman–Crippen LogP) is 0.911. The number of aromatic nitrogens is 3. The van der Waals surface area contributed by atoms with E-state index < -0.39 is 0 Å². The lowest BCUT2D eigenvalue weighted by molar-refractivity contribution is -0.119. The van der Waals surface area contributed by atoms with Gasteiger partial charge in [-0.3, -0.25) is 4.79 Å². The minimum atomic E-state index is -0.112. The van der Waals surface area contributed by atoms with Crippen LogP contribution in [0.2, 0.25) is 0 Å². The molecule has 0 spiro atoms. The number of rotatable bonds is 8. The second kappa shape index (κ2) is 8.55. The summed E-state index contributed by atoms with van der Waals surface area (Å²) >= 11 is 1.23. The van der Waals surface area contributed by atoms with Crippen LogP contribution in [-0.2, 0) is 9.53 Å². The Labute approximate surface area is 144 Å². The molecule has 0 saturated heterocycles. The molecule has 1 aromatic carbocycles. The van der Waals surface area contributed by atoms with Crippen LogP contribution in [0.25, 0.3) is 11.4 Å². The monoisotopic (exact) mass is 351 g/mol. The van der Waals surface area contributed by atoms with Crippen molar-refractivity contribution in [3.63, 3.8) is 0 Å². The third kappa shape index (κ3) is 4.62. The Morgan fingerprint density at radius 2 is 2.04 bits per heavy atom. The first kappa shape index (κ1) is 18.1. The van der Waals surface area contributed by atoms with E-state index in [0.717, 1.165) is 11.3 Å². The van der Waals surface area contributed by atoms with Gasteiger partial charge in [0.15, 0.2) is 5.82 Å². The molecule has 0 aliphatic carbocycles. The zero-order valence-electron chi connectivity index (χ0n) is 13.9. The SMILES string of the molecule is COCC(C)NC(=O)CSc1nnc(-c2ccc(OC)cc2)n1N. The van der Waals surface area contributed by atoms with Crippen LogP contribution >= 0.6 is 11.8 Å². The van der Waals surface area contributed by atoms with Gasteiger partial charge in [-0.1, -0.05) is 11.8 Å². The summed E-state index contributed by atoms with van der Waals surface area (Å²) in [6.07, 6.45) is 0. The molecule has 1 aromatic heterocycles. The average Bonchev–Trinajstić information content (AvgIpc) is 2.94. The van der Waals surface area contributed by atoms with Crippen molar-refractivity contribution in [2.45, 2.75) is 18.1 Å². The van der Waals surface area contributed by atoms with Gasteiger partial charge >= 0.3 is 0 Å². The van der Waals surface area contributed by atoms with Gasteiger partial charge in [0.1, 0.15) is 5.75 Å². The summed E-state index contributed by atoms with van der Waals surface area (Å²) < 4.78 is 11.5. The second-order valence-corrected chi connectivity index (χ2v) is 6.06. The average molecular weight is 351 g/mol. The van der Waals surface area contributed by atoms with Crippen molar-refractivity contribution in [1.82, 2.24) is 20.2 Å². The van der Waals surface area contributed by atoms with E-state index in [0.29, 0.717) is 17.6 Å². The Hall–Kier alpha value is -2.26. The highest BCUT2D eigenvalue weighted by Gasteiger charge is 2.14. The van der Waals surface area contributed by atoms with Crippen molar-refractivity contribution >= 4 is 17.7 Å². The van der Waals surface area contributed by atoms with Gasteiger partial charge in [-0.25, -0.2) is 4.68 Å². The number of hydrogen-bond acceptors (Lipinski definition) is 7. The highest BCUT2D eigenvalue weighted by atomic mass is 32.2. The van der Waals surface area contributed by atoms with E-state index in [1.807, 2.05) is 31.2 Å². The third-order valence-electron chi connectivity index (χ3n) is 3.17. The summed E-state index contributed by atoms with van der Waals surface area (Å²) in [7, 11) is 3.20. The van der Waals surface area contributed by atoms with Crippen molar-refractivity contribution in [2.75, 3.05) is 32.4 Å². The van der Waals surface area contributed by atoms with Crippen LogP contribution in [-0.4, -0.2) is 53.4 Å². The quantitative estimate of drug-likeness (QED) is 0.538. The van der Waals surface area contributed by atoms with Crippen molar-refractivity contribution in [1.29, 1.82) is 0 Å². The number of carbonyl (C=O) groups excluding carboxylic acids is 1. The van der Waals surface area contributed by atoms with E-state index in [2.05, 4.69) is 15.5 Å². The van der Waals surface area contributed by atoms with Gasteiger partial charge in [0.25, 0.3) is 0 Å². The second-order valence-electron chi connectivity index (χ2n) is 5.12. The first-order chi connectivity index (χ1) is 11.5. The number of nitrogens with two attached hydrogens (primary N) is 1. The maximum atomic E-state index is 11.9. The smallest absolute Gasteiger partial charge is 0.230 e. The van der Waals surface area contributed by atoms with Crippen molar-refractivity contribution in [2.24, 2.45) is 0 Å². The van der Waals surface area contributed by atoms with Crippen molar-refractivity contribution in [3.8, 4) is 17.1 Å². The van der Waals surface area contributed by atoms with Gasteiger partial charge in [-0.2, -0.15) is 0 Å². The van der Waals surface area contributed by atoms with Gasteiger partial charge in [-0.15, -0.1) is 10.2 Å². The van der Waals surface area contributed by atoms with Gasteiger partial charge < -0.3 is 20.6 Å². The molecular weight excluding hydrogens is 330 g/mol. The molecule has 1 amide bonds. The van der Waals surface area contributed by atoms with Crippen LogP contribution < -0.4 is 15.9 Å². The number of amides is 1. The van der Waals surface area contributed by atoms with Crippen LogP contribution in [0.4, 0.5) is 0 Å². The molecule has 24 heavy (non-hydrogen) atoms. The van der Waals surface area contributed by atoms with Gasteiger partial charge in [-0.05, 0) is 31.2 Å². The summed E-state index contributed by atoms with van der Waals surface area (Å²) in [5.41, 5.74) is 0.816. The minimum absolute atomic E-state index is 0.0475. The molecule has 0 aliphatic heterocycles. The summed E-state index contributed by atoms with van der Waals surface area (Å²) in [5, 5.41) is 11.4. The van der Waals surface area contributed by atoms with Crippen molar-refractivity contribution in [3.05, 3.63) is 24.3 Å². The number of carbonyl (C=O) groups is 1. The van der Waals surface area contributed by atoms with Crippen molar-refractivity contribution < 1.29 is 14.3 Å². The number of thioether (sulfide) groups is 1. The Kier molecular flexibility index (Phi) is 6.44. The predicted molar refractivity (Wildman–Crippen MR) is 92.4 cm³/mol. The molecule has 2 aromatic rings. The maximum absolute atomic E-state index is 11.9. The van der Waals surface area contributed by atoms with Gasteiger partial charge in [0.05, 0.1) is 19.5 Å². The maximum Gasteiger partial charge on any atom is 0.230 e. The van der Waals surface area contributed by atoms with Crippen LogP contribution in [0.1, 0.15) is 6.92 Å². The van der Waals surface area contributed by atoms with E-state index in [9.17, 15) is 4.79 Å². The normalized spacial score (nSPS) is 12.0. The largest absolute Gasteiger partial charge is 0.497 e. The molecule has 0 fully saturated rings. The zero-order chi connectivity index (χ0) is 17.5. The number of methoxy groups -OCH3 is 2. The fraction of sp³-hybridized carbons (Fsp3) is 0.400. The van der Waals surface area contributed by atoms with E-state index >= 15 is 0 Å². The number of benzene rings is 1. The van der Waals surface area contributed by atoms with Crippen LogP contribution in [0.15, 0.2) is 29.4 Å². The molecule has 1 atom stereocenters. The molecule has 0 radical (unpaired) electrons. The number of nitrogens with one attached hydrogen (secondary N) is 1. The highest BCUT2D eigenvalue weighted by molar-refractivity contribution is 7.99. The number of nitrogen functional groups attached to an aromatic ring is 1. The standard InChI is InChI=1S/C15H21N5O3S/c1-10(8-22-2)17-13(21)9-24-15-19-18-14(20(15)16)11-4-6-12(23-3)7-5-11/h4-7,10H,8-9,16H2,1-3H3,(H,17,21). The molecular formula is C15H21N5O3S. The Morgan fingerprint density at radius 1 is 1.33 bits per heavy atom. The Balaban J connectivity index is 1.98. The molecule has 0 aliphatic rings. The number of ether oxygens (including phenoxy) is 2. The van der Waals surface area contributed by atoms with Crippen LogP contribution in [0.3, 0.4) is 0 Å². The molecule has 0 saturated carbocycles. The fourth-order valence-electron chi connectivity index (χ4n) is 2.05. The molecule has 1 heterocycles. The van der Waals surface area contributed by atoms with E-state index in [1.165, 1.54) is 16.4 Å². The molecule has 2 rings (SSSR count). The lowest BCUT2D eigenvalue weighted by atomic mass is 10.2. The summed E-state index contributed by atoms with van der Waals surface area (Å²) in [4.78, 5) is 11.9. The Morgan fingerprint density at radius 3 is 2.67 bits per heavy atom. The summed E-state index contributed by atoms with van der Waals surface area (Å²) in [6, 6.07) is 7.29. The highest BCUT2D eigenvalue weighted by Crippen LogP contribution is 2.23. The molecule has 9 heteroatoms. The minimum Gasteiger partial charge on any atom is -0.497 e. The Bertz CT molecular complexity index is 674. The topological polar surface area (TPSA) is 104 Å². The van der Waals surface area contributed by atoms with Gasteiger partial charge in [0.2, 0.25) is 11.1 Å². The van der Waals surface area contributed by atoms with E-state index in [-0.39, 0.29) is 17.7 Å². The lowest BCUT2D eigenvalue weighted by Gasteiger charge is -2.12. The molecule has 0 bridgehead atoms.